The number of carboxylic acid groups (broad SMARTS) is 1. The van der Waals surface area contributed by atoms with Crippen LogP contribution in [0.15, 0.2) is 78.9 Å². The molecular formula is C28H30O4. The van der Waals surface area contributed by atoms with Gasteiger partial charge in [0.1, 0.15) is 12.4 Å². The summed E-state index contributed by atoms with van der Waals surface area (Å²) in [6.07, 6.45) is 1.57. The van der Waals surface area contributed by atoms with Crippen LogP contribution in [0.4, 0.5) is 0 Å². The quantitative estimate of drug-likeness (QED) is 0.417. The Hall–Kier alpha value is -3.37. The van der Waals surface area contributed by atoms with Crippen LogP contribution >= 0.6 is 0 Å². The Morgan fingerprint density at radius 2 is 1.72 bits per heavy atom. The predicted molar refractivity (Wildman–Crippen MR) is 129 cm³/mol. The van der Waals surface area contributed by atoms with Gasteiger partial charge in [-0.05, 0) is 66.8 Å². The summed E-state index contributed by atoms with van der Waals surface area (Å²) in [5, 5.41) is 9.21. The fourth-order valence-corrected chi connectivity index (χ4v) is 3.49. The number of carbonyl (C=O) groups is 1. The van der Waals surface area contributed by atoms with Crippen LogP contribution in [0.3, 0.4) is 0 Å². The molecule has 3 aromatic rings. The minimum absolute atomic E-state index is 0.334. The summed E-state index contributed by atoms with van der Waals surface area (Å²) in [5.41, 5.74) is 6.90. The lowest BCUT2D eigenvalue weighted by Gasteiger charge is -2.12. The number of rotatable bonds is 10. The van der Waals surface area contributed by atoms with Crippen molar-refractivity contribution >= 4 is 11.5 Å². The van der Waals surface area contributed by atoms with Crippen molar-refractivity contribution in [3.8, 4) is 16.9 Å². The predicted octanol–water partition coefficient (Wildman–Crippen LogP) is 6.18. The van der Waals surface area contributed by atoms with Crippen LogP contribution in [0, 0.1) is 6.92 Å². The van der Waals surface area contributed by atoms with Crippen LogP contribution in [0.1, 0.15) is 30.5 Å². The van der Waals surface area contributed by atoms with Gasteiger partial charge in [-0.25, -0.2) is 4.79 Å². The zero-order valence-corrected chi connectivity index (χ0v) is 18.9. The van der Waals surface area contributed by atoms with Crippen molar-refractivity contribution in [2.75, 3.05) is 13.2 Å². The van der Waals surface area contributed by atoms with E-state index in [0.717, 1.165) is 22.4 Å². The third-order valence-electron chi connectivity index (χ3n) is 5.32. The highest BCUT2D eigenvalue weighted by Gasteiger charge is 2.17. The Morgan fingerprint density at radius 1 is 1.00 bits per heavy atom. The highest BCUT2D eigenvalue weighted by Crippen LogP contribution is 2.23. The van der Waals surface area contributed by atoms with E-state index in [2.05, 4.69) is 68.5 Å². The second kappa shape index (κ2) is 11.3. The molecule has 1 atom stereocenters. The lowest BCUT2D eigenvalue weighted by atomic mass is 10.00. The molecule has 1 N–H and O–H groups in total. The fourth-order valence-electron chi connectivity index (χ4n) is 3.49. The van der Waals surface area contributed by atoms with Crippen LogP contribution in [-0.2, 0) is 16.0 Å². The highest BCUT2D eigenvalue weighted by atomic mass is 16.5. The third kappa shape index (κ3) is 6.56. The minimum Gasteiger partial charge on any atom is -0.490 e. The van der Waals surface area contributed by atoms with E-state index in [9.17, 15) is 9.90 Å². The molecule has 0 bridgehead atoms. The molecule has 166 valence electrons. The van der Waals surface area contributed by atoms with Crippen LogP contribution in [0.5, 0.6) is 5.75 Å². The topological polar surface area (TPSA) is 55.8 Å². The summed E-state index contributed by atoms with van der Waals surface area (Å²) in [5.74, 6) is -0.199. The number of aryl methyl sites for hydroxylation is 1. The SMILES string of the molecule is CCO[C@@H](Cc1ccc(OC/C=C(\C)c2ccc(-c3cccc(C)c3)cc2)cc1)C(=O)O. The number of hydrogen-bond acceptors (Lipinski definition) is 3. The molecular weight excluding hydrogens is 400 g/mol. The molecule has 3 rings (SSSR count). The summed E-state index contributed by atoms with van der Waals surface area (Å²) >= 11 is 0. The Bertz CT molecular complexity index is 1050. The Labute approximate surface area is 190 Å². The van der Waals surface area contributed by atoms with Gasteiger partial charge in [-0.1, -0.05) is 66.2 Å². The van der Waals surface area contributed by atoms with E-state index in [1.165, 1.54) is 16.7 Å². The summed E-state index contributed by atoms with van der Waals surface area (Å²) in [4.78, 5) is 11.2. The Balaban J connectivity index is 1.55. The molecule has 0 saturated heterocycles. The molecule has 0 saturated carbocycles. The van der Waals surface area contributed by atoms with Gasteiger partial charge in [0.15, 0.2) is 6.10 Å². The maximum absolute atomic E-state index is 11.2. The van der Waals surface area contributed by atoms with Crippen molar-refractivity contribution in [1.29, 1.82) is 0 Å². The van der Waals surface area contributed by atoms with E-state index in [-0.39, 0.29) is 0 Å². The van der Waals surface area contributed by atoms with Gasteiger partial charge in [0.2, 0.25) is 0 Å². The van der Waals surface area contributed by atoms with Crippen molar-refractivity contribution in [1.82, 2.24) is 0 Å². The lowest BCUT2D eigenvalue weighted by molar-refractivity contribution is -0.149. The number of carboxylic acids is 1. The second-order valence-corrected chi connectivity index (χ2v) is 7.78. The zero-order chi connectivity index (χ0) is 22.9. The van der Waals surface area contributed by atoms with E-state index >= 15 is 0 Å². The summed E-state index contributed by atoms with van der Waals surface area (Å²) in [7, 11) is 0. The Kier molecular flexibility index (Phi) is 8.23. The van der Waals surface area contributed by atoms with Gasteiger partial charge < -0.3 is 14.6 Å². The van der Waals surface area contributed by atoms with E-state index in [1.54, 1.807) is 6.92 Å². The number of hydrogen-bond donors (Lipinski definition) is 1. The van der Waals surface area contributed by atoms with Crippen LogP contribution < -0.4 is 4.74 Å². The van der Waals surface area contributed by atoms with Crippen molar-refractivity contribution in [3.05, 3.63) is 95.6 Å². The van der Waals surface area contributed by atoms with Gasteiger partial charge in [-0.2, -0.15) is 0 Å². The maximum atomic E-state index is 11.2. The molecule has 0 heterocycles. The van der Waals surface area contributed by atoms with Crippen molar-refractivity contribution < 1.29 is 19.4 Å². The number of ether oxygens (including phenoxy) is 2. The van der Waals surface area contributed by atoms with Gasteiger partial charge in [-0.3, -0.25) is 0 Å². The van der Waals surface area contributed by atoms with E-state index in [4.69, 9.17) is 9.47 Å². The van der Waals surface area contributed by atoms with Crippen molar-refractivity contribution in [2.24, 2.45) is 0 Å². The molecule has 4 heteroatoms. The number of aliphatic carboxylic acids is 1. The van der Waals surface area contributed by atoms with Crippen LogP contribution in [0.2, 0.25) is 0 Å². The average molecular weight is 431 g/mol. The van der Waals surface area contributed by atoms with Gasteiger partial charge >= 0.3 is 5.97 Å². The first-order valence-electron chi connectivity index (χ1n) is 10.9. The smallest absolute Gasteiger partial charge is 0.333 e. The summed E-state index contributed by atoms with van der Waals surface area (Å²) < 4.78 is 11.1. The molecule has 0 amide bonds. The Morgan fingerprint density at radius 3 is 2.34 bits per heavy atom. The van der Waals surface area contributed by atoms with Crippen LogP contribution in [-0.4, -0.2) is 30.4 Å². The van der Waals surface area contributed by atoms with Crippen molar-refractivity contribution in [3.63, 3.8) is 0 Å². The number of benzene rings is 3. The van der Waals surface area contributed by atoms with E-state index < -0.39 is 12.1 Å². The van der Waals surface area contributed by atoms with Crippen LogP contribution in [0.25, 0.3) is 16.7 Å². The molecule has 32 heavy (non-hydrogen) atoms. The minimum atomic E-state index is -0.945. The van der Waals surface area contributed by atoms with E-state index in [0.29, 0.717) is 19.6 Å². The number of allylic oxidation sites excluding steroid dienone is 1. The monoisotopic (exact) mass is 430 g/mol. The normalized spacial score (nSPS) is 12.4. The molecule has 3 aromatic carbocycles. The maximum Gasteiger partial charge on any atom is 0.333 e. The molecule has 0 fully saturated rings. The first-order chi connectivity index (χ1) is 15.5. The molecule has 0 aliphatic carbocycles. The molecule has 0 aromatic heterocycles. The second-order valence-electron chi connectivity index (χ2n) is 7.78. The van der Waals surface area contributed by atoms with Gasteiger partial charge in [-0.15, -0.1) is 0 Å². The largest absolute Gasteiger partial charge is 0.490 e. The molecule has 0 radical (unpaired) electrons. The van der Waals surface area contributed by atoms with Gasteiger partial charge in [0.25, 0.3) is 0 Å². The fraction of sp³-hybridized carbons (Fsp3) is 0.250. The molecule has 0 aliphatic rings. The molecule has 0 aliphatic heterocycles. The van der Waals surface area contributed by atoms with Gasteiger partial charge in [0, 0.05) is 13.0 Å². The summed E-state index contributed by atoms with van der Waals surface area (Å²) in [6.45, 7) is 6.81. The lowest BCUT2D eigenvalue weighted by Crippen LogP contribution is -2.26. The zero-order valence-electron chi connectivity index (χ0n) is 18.9. The molecule has 4 nitrogen and oxygen atoms in total. The van der Waals surface area contributed by atoms with Crippen molar-refractivity contribution in [2.45, 2.75) is 33.3 Å². The van der Waals surface area contributed by atoms with E-state index in [1.807, 2.05) is 24.3 Å². The molecule has 0 spiro atoms. The third-order valence-corrected chi connectivity index (χ3v) is 5.32. The highest BCUT2D eigenvalue weighted by molar-refractivity contribution is 5.72. The first kappa shape index (κ1) is 23.3. The first-order valence-corrected chi connectivity index (χ1v) is 10.9. The standard InChI is InChI=1S/C28H30O4/c1-4-31-27(28(29)30)19-22-8-14-26(15-9-22)32-17-16-21(3)23-10-12-24(13-11-23)25-7-5-6-20(2)18-25/h5-16,18,27H,4,17,19H2,1-3H3,(H,29,30)/b21-16+/t27-/m0/s1. The van der Waals surface area contributed by atoms with Gasteiger partial charge in [0.05, 0.1) is 0 Å². The average Bonchev–Trinajstić information content (AvgIpc) is 2.80. The summed E-state index contributed by atoms with van der Waals surface area (Å²) in [6, 6.07) is 24.5. The molecule has 0 unspecified atom stereocenters.